The number of methoxy groups -OCH3 is 1. The molecule has 1 aromatic carbocycles. The molecule has 1 aromatic rings. The largest absolute Gasteiger partial charge is 0.497 e. The van der Waals surface area contributed by atoms with Crippen molar-refractivity contribution >= 4 is 17.7 Å². The Morgan fingerprint density at radius 3 is 2.52 bits per heavy atom. The van der Waals surface area contributed by atoms with Crippen LogP contribution in [0.4, 0.5) is 0 Å². The fourth-order valence-corrected chi connectivity index (χ4v) is 4.42. The van der Waals surface area contributed by atoms with E-state index in [1.807, 2.05) is 19.1 Å². The molecule has 166 valence electrons. The summed E-state index contributed by atoms with van der Waals surface area (Å²) in [5, 5.41) is 3.24. The van der Waals surface area contributed by atoms with Gasteiger partial charge in [0.15, 0.2) is 5.78 Å². The number of carbonyl (C=O) groups is 3. The molecule has 0 saturated carbocycles. The van der Waals surface area contributed by atoms with Gasteiger partial charge in [-0.05, 0) is 50.8 Å². The second-order valence-electron chi connectivity index (χ2n) is 7.76. The van der Waals surface area contributed by atoms with Crippen LogP contribution in [0.2, 0.25) is 0 Å². The number of rotatable bonds is 6. The van der Waals surface area contributed by atoms with E-state index in [1.54, 1.807) is 40.0 Å². The Morgan fingerprint density at radius 1 is 1.16 bits per heavy atom. The fourth-order valence-electron chi connectivity index (χ4n) is 4.42. The minimum Gasteiger partial charge on any atom is -0.497 e. The van der Waals surface area contributed by atoms with E-state index in [-0.39, 0.29) is 24.9 Å². The molecule has 2 aliphatic rings. The molecule has 7 heteroatoms. The molecule has 3 atom stereocenters. The molecule has 0 radical (unpaired) electrons. The second kappa shape index (κ2) is 9.37. The van der Waals surface area contributed by atoms with Crippen LogP contribution >= 0.6 is 0 Å². The van der Waals surface area contributed by atoms with Gasteiger partial charge in [0.2, 0.25) is 0 Å². The first-order chi connectivity index (χ1) is 14.8. The number of nitrogens with one attached hydrogen (secondary N) is 1. The first-order valence-electron chi connectivity index (χ1n) is 10.6. The smallest absolute Gasteiger partial charge is 0.336 e. The van der Waals surface area contributed by atoms with Crippen molar-refractivity contribution in [1.29, 1.82) is 0 Å². The molecule has 31 heavy (non-hydrogen) atoms. The molecule has 0 saturated heterocycles. The number of ketones is 1. The predicted molar refractivity (Wildman–Crippen MR) is 114 cm³/mol. The van der Waals surface area contributed by atoms with Gasteiger partial charge in [-0.15, -0.1) is 0 Å². The number of dihydropyridines is 1. The molecule has 0 fully saturated rings. The maximum absolute atomic E-state index is 13.7. The highest BCUT2D eigenvalue weighted by molar-refractivity contribution is 6.12. The van der Waals surface area contributed by atoms with Crippen molar-refractivity contribution < 1.29 is 28.6 Å². The minimum atomic E-state index is -0.907. The maximum Gasteiger partial charge on any atom is 0.336 e. The molecule has 7 nitrogen and oxygen atoms in total. The van der Waals surface area contributed by atoms with Gasteiger partial charge in [-0.1, -0.05) is 19.1 Å². The summed E-state index contributed by atoms with van der Waals surface area (Å²) >= 11 is 0. The maximum atomic E-state index is 13.7. The predicted octanol–water partition coefficient (Wildman–Crippen LogP) is 3.26. The van der Waals surface area contributed by atoms with E-state index in [1.165, 1.54) is 0 Å². The molecular formula is C24H29NO6. The number of benzene rings is 1. The van der Waals surface area contributed by atoms with Crippen LogP contribution < -0.4 is 10.1 Å². The van der Waals surface area contributed by atoms with Gasteiger partial charge in [0.25, 0.3) is 0 Å². The number of hydrogen-bond donors (Lipinski definition) is 1. The Hall–Kier alpha value is -3.09. The Bertz CT molecular complexity index is 961. The minimum absolute atomic E-state index is 0.200. The summed E-state index contributed by atoms with van der Waals surface area (Å²) in [5.41, 5.74) is 2.87. The lowest BCUT2D eigenvalue weighted by Gasteiger charge is -2.38. The topological polar surface area (TPSA) is 90.9 Å². The number of ether oxygens (including phenoxy) is 3. The molecule has 1 aliphatic carbocycles. The van der Waals surface area contributed by atoms with E-state index in [9.17, 15) is 14.4 Å². The summed E-state index contributed by atoms with van der Waals surface area (Å²) in [6, 6.07) is 7.26. The van der Waals surface area contributed by atoms with Crippen LogP contribution in [0.15, 0.2) is 46.8 Å². The monoisotopic (exact) mass is 427 g/mol. The van der Waals surface area contributed by atoms with Gasteiger partial charge in [0.05, 0.1) is 25.9 Å². The molecule has 0 bridgehead atoms. The molecule has 0 aromatic heterocycles. The zero-order valence-corrected chi connectivity index (χ0v) is 18.6. The molecule has 0 spiro atoms. The molecular weight excluding hydrogens is 398 g/mol. The summed E-state index contributed by atoms with van der Waals surface area (Å²) in [5.74, 6) is -2.52. The molecule has 1 aliphatic heterocycles. The quantitative estimate of drug-likeness (QED) is 0.550. The summed E-state index contributed by atoms with van der Waals surface area (Å²) in [7, 11) is 1.56. The fraction of sp³-hybridized carbons (Fsp3) is 0.458. The number of esters is 2. The van der Waals surface area contributed by atoms with Crippen LogP contribution in [0.5, 0.6) is 5.75 Å². The number of hydrogen-bond acceptors (Lipinski definition) is 7. The zero-order valence-electron chi connectivity index (χ0n) is 18.6. The third-order valence-corrected chi connectivity index (χ3v) is 5.75. The van der Waals surface area contributed by atoms with Crippen molar-refractivity contribution in [3.05, 3.63) is 52.4 Å². The van der Waals surface area contributed by atoms with Crippen molar-refractivity contribution in [2.45, 2.75) is 40.0 Å². The van der Waals surface area contributed by atoms with Gasteiger partial charge in [0, 0.05) is 22.9 Å². The highest BCUT2D eigenvalue weighted by Crippen LogP contribution is 2.45. The van der Waals surface area contributed by atoms with Gasteiger partial charge in [-0.25, -0.2) is 4.79 Å². The van der Waals surface area contributed by atoms with E-state index in [2.05, 4.69) is 5.32 Å². The number of carbonyl (C=O) groups excluding carboxylic acids is 3. The second-order valence-corrected chi connectivity index (χ2v) is 7.76. The van der Waals surface area contributed by atoms with Crippen LogP contribution in [0, 0.1) is 11.8 Å². The lowest BCUT2D eigenvalue weighted by Crippen LogP contribution is -2.43. The lowest BCUT2D eigenvalue weighted by atomic mass is 9.69. The SMILES string of the molecule is CCOC(=O)C1=C(C)NC2=C(C(=O)[C@@H](C(=O)OCC)[C@H](C)C2)[C@@H]1c1cccc(OC)c1. The van der Waals surface area contributed by atoms with Crippen LogP contribution in [-0.4, -0.2) is 38.0 Å². The third kappa shape index (κ3) is 4.22. The zero-order chi connectivity index (χ0) is 22.7. The first kappa shape index (κ1) is 22.6. The lowest BCUT2D eigenvalue weighted by molar-refractivity contribution is -0.153. The number of allylic oxidation sites excluding steroid dienone is 3. The highest BCUT2D eigenvalue weighted by Gasteiger charge is 2.47. The summed E-state index contributed by atoms with van der Waals surface area (Å²) in [4.78, 5) is 39.2. The Balaban J connectivity index is 2.17. The van der Waals surface area contributed by atoms with Crippen molar-refractivity contribution in [1.82, 2.24) is 5.32 Å². The molecule has 0 unspecified atom stereocenters. The Morgan fingerprint density at radius 2 is 1.87 bits per heavy atom. The van der Waals surface area contributed by atoms with E-state index >= 15 is 0 Å². The summed E-state index contributed by atoms with van der Waals surface area (Å²) < 4.78 is 15.9. The van der Waals surface area contributed by atoms with Crippen LogP contribution in [0.1, 0.15) is 45.6 Å². The normalized spacial score (nSPS) is 23.1. The first-order valence-corrected chi connectivity index (χ1v) is 10.6. The van der Waals surface area contributed by atoms with E-state index in [0.717, 1.165) is 11.3 Å². The van der Waals surface area contributed by atoms with Crippen molar-refractivity contribution in [2.24, 2.45) is 11.8 Å². The van der Waals surface area contributed by atoms with Crippen LogP contribution in [0.25, 0.3) is 0 Å². The molecule has 3 rings (SSSR count). The standard InChI is InChI=1S/C24H29NO6/c1-6-30-23(27)18-13(3)11-17-21(22(18)26)20(15-9-8-10-16(12-15)29-5)19(14(4)25-17)24(28)31-7-2/h8-10,12-13,18,20,25H,6-7,11H2,1-5H3/t13-,18+,20-/m1/s1. The Labute approximate surface area is 182 Å². The average Bonchev–Trinajstić information content (AvgIpc) is 2.73. The van der Waals surface area contributed by atoms with Gasteiger partial charge in [0.1, 0.15) is 11.7 Å². The van der Waals surface area contributed by atoms with Crippen LogP contribution in [-0.2, 0) is 23.9 Å². The van der Waals surface area contributed by atoms with Gasteiger partial charge in [-0.2, -0.15) is 0 Å². The Kier molecular flexibility index (Phi) is 6.83. The average molecular weight is 427 g/mol. The molecule has 1 N–H and O–H groups in total. The van der Waals surface area contributed by atoms with E-state index in [0.29, 0.717) is 29.0 Å². The summed E-state index contributed by atoms with van der Waals surface area (Å²) in [6.45, 7) is 7.53. The van der Waals surface area contributed by atoms with Crippen molar-refractivity contribution in [3.63, 3.8) is 0 Å². The summed E-state index contributed by atoms with van der Waals surface area (Å²) in [6.07, 6.45) is 0.498. The van der Waals surface area contributed by atoms with Gasteiger partial charge in [-0.3, -0.25) is 9.59 Å². The van der Waals surface area contributed by atoms with Crippen LogP contribution in [0.3, 0.4) is 0 Å². The van der Waals surface area contributed by atoms with Gasteiger partial charge < -0.3 is 19.5 Å². The van der Waals surface area contributed by atoms with E-state index < -0.39 is 23.8 Å². The van der Waals surface area contributed by atoms with Crippen molar-refractivity contribution in [2.75, 3.05) is 20.3 Å². The van der Waals surface area contributed by atoms with Crippen molar-refractivity contribution in [3.8, 4) is 5.75 Å². The third-order valence-electron chi connectivity index (χ3n) is 5.75. The molecule has 0 amide bonds. The number of Topliss-reactive ketones (excluding diaryl/α,β-unsaturated/α-hetero) is 1. The van der Waals surface area contributed by atoms with E-state index in [4.69, 9.17) is 14.2 Å². The molecule has 1 heterocycles. The highest BCUT2D eigenvalue weighted by atomic mass is 16.5. The van der Waals surface area contributed by atoms with Gasteiger partial charge >= 0.3 is 11.9 Å².